The molecule has 1 aromatic carbocycles. The molecule has 0 fully saturated rings. The lowest BCUT2D eigenvalue weighted by Gasteiger charge is -1.90. The number of carboxylic acids is 1. The zero-order chi connectivity index (χ0) is 11.3. The first kappa shape index (κ1) is 9.47. The van der Waals surface area contributed by atoms with Gasteiger partial charge < -0.3 is 14.5 Å². The first-order valence-corrected chi connectivity index (χ1v) is 5.38. The van der Waals surface area contributed by atoms with Crippen molar-refractivity contribution in [1.82, 2.24) is 4.98 Å². The van der Waals surface area contributed by atoms with E-state index in [2.05, 4.69) is 20.9 Å². The average Bonchev–Trinajstić information content (AvgIpc) is 2.75. The van der Waals surface area contributed by atoms with Gasteiger partial charge in [0.05, 0.1) is 5.52 Å². The number of hydrogen-bond donors (Lipinski definition) is 2. The summed E-state index contributed by atoms with van der Waals surface area (Å²) in [4.78, 5) is 13.6. The number of hydrogen-bond acceptors (Lipinski definition) is 2. The van der Waals surface area contributed by atoms with Crippen molar-refractivity contribution in [2.24, 2.45) is 0 Å². The molecule has 4 nitrogen and oxygen atoms in total. The Morgan fingerprint density at radius 1 is 1.31 bits per heavy atom. The van der Waals surface area contributed by atoms with Gasteiger partial charge in [-0.2, -0.15) is 0 Å². The van der Waals surface area contributed by atoms with E-state index in [1.807, 2.05) is 18.2 Å². The van der Waals surface area contributed by atoms with Gasteiger partial charge in [0.25, 0.3) is 0 Å². The number of fused-ring (bicyclic) bond motifs is 3. The third-order valence-electron chi connectivity index (χ3n) is 2.44. The predicted octanol–water partition coefficient (Wildman–Crippen LogP) is 3.37. The van der Waals surface area contributed by atoms with E-state index in [1.54, 1.807) is 0 Å². The molecule has 3 aromatic rings. The number of nitrogens with one attached hydrogen (secondary N) is 1. The molecule has 16 heavy (non-hydrogen) atoms. The van der Waals surface area contributed by atoms with E-state index in [0.29, 0.717) is 11.1 Å². The summed E-state index contributed by atoms with van der Waals surface area (Å²) in [6.07, 6.45) is 0. The third-order valence-corrected chi connectivity index (χ3v) is 2.94. The van der Waals surface area contributed by atoms with Gasteiger partial charge in [-0.1, -0.05) is 15.9 Å². The number of aromatic nitrogens is 1. The average molecular weight is 280 g/mol. The number of carboxylic acid groups (broad SMARTS) is 1. The molecule has 0 aliphatic rings. The first-order valence-electron chi connectivity index (χ1n) is 4.59. The zero-order valence-electron chi connectivity index (χ0n) is 7.95. The first-order chi connectivity index (χ1) is 7.65. The zero-order valence-corrected chi connectivity index (χ0v) is 9.54. The fraction of sp³-hybridized carbons (Fsp3) is 0. The van der Waals surface area contributed by atoms with Crippen LogP contribution in [0.3, 0.4) is 0 Å². The molecule has 0 radical (unpaired) electrons. The van der Waals surface area contributed by atoms with Gasteiger partial charge in [0.15, 0.2) is 5.58 Å². The Kier molecular flexibility index (Phi) is 1.85. The van der Waals surface area contributed by atoms with Gasteiger partial charge >= 0.3 is 5.97 Å². The van der Waals surface area contributed by atoms with Gasteiger partial charge in [0, 0.05) is 15.9 Å². The van der Waals surface area contributed by atoms with Gasteiger partial charge in [-0.3, -0.25) is 0 Å². The van der Waals surface area contributed by atoms with E-state index < -0.39 is 5.97 Å². The maximum absolute atomic E-state index is 10.8. The Labute approximate surface area is 98.0 Å². The van der Waals surface area contributed by atoms with Gasteiger partial charge in [-0.05, 0) is 18.2 Å². The number of halogens is 1. The summed E-state index contributed by atoms with van der Waals surface area (Å²) in [5.74, 6) is -0.991. The highest BCUT2D eigenvalue weighted by Crippen LogP contribution is 2.30. The molecule has 0 atom stereocenters. The Hall–Kier alpha value is -1.75. The lowest BCUT2D eigenvalue weighted by Crippen LogP contribution is -1.94. The molecule has 0 spiro atoms. The molecule has 0 amide bonds. The fourth-order valence-corrected chi connectivity index (χ4v) is 2.10. The van der Waals surface area contributed by atoms with Crippen LogP contribution in [0, 0.1) is 0 Å². The van der Waals surface area contributed by atoms with Crippen molar-refractivity contribution >= 4 is 44.0 Å². The normalized spacial score (nSPS) is 11.3. The van der Waals surface area contributed by atoms with Crippen LogP contribution >= 0.6 is 15.9 Å². The molecule has 0 saturated carbocycles. The van der Waals surface area contributed by atoms with Crippen molar-refractivity contribution in [3.05, 3.63) is 34.4 Å². The summed E-state index contributed by atoms with van der Waals surface area (Å²) in [6, 6.07) is 7.10. The second-order valence-corrected chi connectivity index (χ2v) is 4.39. The van der Waals surface area contributed by atoms with Gasteiger partial charge in [-0.15, -0.1) is 0 Å². The number of furan rings is 1. The second kappa shape index (κ2) is 3.12. The van der Waals surface area contributed by atoms with E-state index >= 15 is 0 Å². The van der Waals surface area contributed by atoms with Crippen LogP contribution in [-0.2, 0) is 0 Å². The van der Waals surface area contributed by atoms with Crippen molar-refractivity contribution in [1.29, 1.82) is 0 Å². The van der Waals surface area contributed by atoms with Crippen LogP contribution < -0.4 is 0 Å². The summed E-state index contributed by atoms with van der Waals surface area (Å²) in [6.45, 7) is 0. The molecule has 2 aromatic heterocycles. The Morgan fingerprint density at radius 2 is 2.12 bits per heavy atom. The minimum absolute atomic E-state index is 0.135. The van der Waals surface area contributed by atoms with Crippen molar-refractivity contribution in [2.75, 3.05) is 0 Å². The van der Waals surface area contributed by atoms with Crippen molar-refractivity contribution in [3.63, 3.8) is 0 Å². The van der Waals surface area contributed by atoms with Crippen LogP contribution in [0.1, 0.15) is 10.5 Å². The molecule has 2 heterocycles. The van der Waals surface area contributed by atoms with E-state index in [9.17, 15) is 4.79 Å². The van der Waals surface area contributed by atoms with Crippen molar-refractivity contribution < 1.29 is 14.3 Å². The van der Waals surface area contributed by atoms with Crippen LogP contribution in [0.15, 0.2) is 33.2 Å². The highest BCUT2D eigenvalue weighted by molar-refractivity contribution is 9.10. The maximum atomic E-state index is 10.8. The van der Waals surface area contributed by atoms with Gasteiger partial charge in [-0.25, -0.2) is 4.79 Å². The molecule has 0 unspecified atom stereocenters. The van der Waals surface area contributed by atoms with E-state index in [-0.39, 0.29) is 5.69 Å². The topological polar surface area (TPSA) is 66.2 Å². The number of rotatable bonds is 1. The molecule has 0 saturated heterocycles. The minimum Gasteiger partial charge on any atom is -0.477 e. The SMILES string of the molecule is O=C(O)c1cc2oc3ccc(Br)cc3c2[nH]1. The Balaban J connectivity index is 2.40. The maximum Gasteiger partial charge on any atom is 0.352 e. The van der Waals surface area contributed by atoms with Gasteiger partial charge in [0.1, 0.15) is 11.3 Å². The summed E-state index contributed by atoms with van der Waals surface area (Å²) in [5, 5.41) is 9.72. The fourth-order valence-electron chi connectivity index (χ4n) is 1.74. The molecule has 3 rings (SSSR count). The molecular formula is C11H6BrNO3. The lowest BCUT2D eigenvalue weighted by molar-refractivity contribution is 0.0691. The Bertz CT molecular complexity index is 710. The van der Waals surface area contributed by atoms with E-state index in [1.165, 1.54) is 6.07 Å². The molecule has 0 aliphatic heterocycles. The third kappa shape index (κ3) is 1.25. The quantitative estimate of drug-likeness (QED) is 0.718. The van der Waals surface area contributed by atoms with Crippen LogP contribution in [0.2, 0.25) is 0 Å². The molecule has 80 valence electrons. The molecule has 5 heteroatoms. The van der Waals surface area contributed by atoms with Gasteiger partial charge in [0.2, 0.25) is 0 Å². The Morgan fingerprint density at radius 3 is 2.88 bits per heavy atom. The van der Waals surface area contributed by atoms with Crippen LogP contribution in [-0.4, -0.2) is 16.1 Å². The van der Waals surface area contributed by atoms with Crippen molar-refractivity contribution in [2.45, 2.75) is 0 Å². The summed E-state index contributed by atoms with van der Waals surface area (Å²) in [5.41, 5.74) is 2.15. The summed E-state index contributed by atoms with van der Waals surface area (Å²) < 4.78 is 6.45. The summed E-state index contributed by atoms with van der Waals surface area (Å²) in [7, 11) is 0. The second-order valence-electron chi connectivity index (χ2n) is 3.47. The van der Waals surface area contributed by atoms with E-state index in [4.69, 9.17) is 9.52 Å². The molecule has 2 N–H and O–H groups in total. The number of carbonyl (C=O) groups is 1. The smallest absolute Gasteiger partial charge is 0.352 e. The van der Waals surface area contributed by atoms with Crippen LogP contribution in [0.25, 0.3) is 22.1 Å². The number of benzene rings is 1. The monoisotopic (exact) mass is 279 g/mol. The molecule has 0 bridgehead atoms. The molecular weight excluding hydrogens is 274 g/mol. The van der Waals surface area contributed by atoms with Crippen LogP contribution in [0.5, 0.6) is 0 Å². The standard InChI is InChI=1S/C11H6BrNO3/c12-5-1-2-8-6(3-5)10-9(16-8)4-7(13-10)11(14)15/h1-4,13H,(H,14,15). The summed E-state index contributed by atoms with van der Waals surface area (Å²) >= 11 is 3.37. The minimum atomic E-state index is -0.991. The lowest BCUT2D eigenvalue weighted by atomic mass is 10.2. The highest BCUT2D eigenvalue weighted by atomic mass is 79.9. The molecule has 0 aliphatic carbocycles. The number of H-pyrrole nitrogens is 1. The largest absolute Gasteiger partial charge is 0.477 e. The number of aromatic carboxylic acids is 1. The van der Waals surface area contributed by atoms with Crippen molar-refractivity contribution in [3.8, 4) is 0 Å². The van der Waals surface area contributed by atoms with E-state index in [0.717, 1.165) is 15.4 Å². The number of aromatic amines is 1. The highest BCUT2D eigenvalue weighted by Gasteiger charge is 2.13. The van der Waals surface area contributed by atoms with Crippen LogP contribution in [0.4, 0.5) is 0 Å². The predicted molar refractivity (Wildman–Crippen MR) is 62.7 cm³/mol.